The number of hydrogen-bond acceptors (Lipinski definition) is 4. The molecule has 2 unspecified atom stereocenters. The van der Waals surface area contributed by atoms with Gasteiger partial charge >= 0.3 is 0 Å². The fourth-order valence-corrected chi connectivity index (χ4v) is 2.10. The minimum atomic E-state index is -0.919. The van der Waals surface area contributed by atoms with E-state index in [1.54, 1.807) is 0 Å². The van der Waals surface area contributed by atoms with Crippen LogP contribution in [0.25, 0.3) is 0 Å². The number of carbonyl (C=O) groups is 1. The van der Waals surface area contributed by atoms with E-state index in [2.05, 4.69) is 4.98 Å². The Hall–Kier alpha value is -0.880. The van der Waals surface area contributed by atoms with Crippen LogP contribution in [0.15, 0.2) is 12.1 Å². The highest BCUT2D eigenvalue weighted by molar-refractivity contribution is 6.34. The molecule has 1 amide bonds. The number of amides is 1. The molecule has 0 spiro atoms. The zero-order chi connectivity index (χ0) is 12.6. The lowest BCUT2D eigenvalue weighted by Gasteiger charge is -2.15. The van der Waals surface area contributed by atoms with Crippen molar-refractivity contribution in [2.45, 2.75) is 12.2 Å². The Morgan fingerprint density at radius 3 is 2.41 bits per heavy atom. The minimum absolute atomic E-state index is 0.0124. The van der Waals surface area contributed by atoms with Crippen LogP contribution >= 0.6 is 23.2 Å². The van der Waals surface area contributed by atoms with Crippen molar-refractivity contribution >= 4 is 29.1 Å². The summed E-state index contributed by atoms with van der Waals surface area (Å²) >= 11 is 11.4. The maximum atomic E-state index is 12.0. The summed E-state index contributed by atoms with van der Waals surface area (Å²) in [5, 5.41) is 18.9. The number of aliphatic hydroxyl groups is 2. The Balaban J connectivity index is 2.20. The lowest BCUT2D eigenvalue weighted by atomic mass is 10.2. The predicted molar refractivity (Wildman–Crippen MR) is 62.2 cm³/mol. The first kappa shape index (κ1) is 12.6. The van der Waals surface area contributed by atoms with E-state index in [-0.39, 0.29) is 34.9 Å². The van der Waals surface area contributed by atoms with Crippen molar-refractivity contribution in [1.82, 2.24) is 9.88 Å². The molecule has 2 N–H and O–H groups in total. The largest absolute Gasteiger partial charge is 0.388 e. The van der Waals surface area contributed by atoms with Crippen molar-refractivity contribution < 1.29 is 15.0 Å². The van der Waals surface area contributed by atoms with E-state index in [9.17, 15) is 15.0 Å². The number of carbonyl (C=O) groups excluding carboxylic acids is 1. The summed E-state index contributed by atoms with van der Waals surface area (Å²) in [6.07, 6.45) is -1.84. The highest BCUT2D eigenvalue weighted by Crippen LogP contribution is 2.20. The summed E-state index contributed by atoms with van der Waals surface area (Å²) in [6.45, 7) is 0.165. The van der Waals surface area contributed by atoms with Gasteiger partial charge in [-0.05, 0) is 12.1 Å². The molecule has 5 nitrogen and oxygen atoms in total. The second kappa shape index (κ2) is 4.78. The SMILES string of the molecule is O=C(c1ccc(Cl)nc1Cl)N1CC(O)C(O)C1. The molecule has 0 radical (unpaired) electrons. The number of rotatable bonds is 1. The third kappa shape index (κ3) is 2.52. The second-order valence-electron chi connectivity index (χ2n) is 3.82. The van der Waals surface area contributed by atoms with Gasteiger partial charge in [0.1, 0.15) is 10.3 Å². The zero-order valence-corrected chi connectivity index (χ0v) is 10.2. The number of β-amino-alcohol motifs (C(OH)–C–C–N with tert-alkyl or cyclic N) is 2. The summed E-state index contributed by atoms with van der Waals surface area (Å²) in [7, 11) is 0. The van der Waals surface area contributed by atoms with Gasteiger partial charge < -0.3 is 15.1 Å². The number of aliphatic hydroxyl groups excluding tert-OH is 2. The molecule has 1 saturated heterocycles. The van der Waals surface area contributed by atoms with Crippen molar-refractivity contribution in [3.05, 3.63) is 28.0 Å². The third-order valence-electron chi connectivity index (χ3n) is 2.59. The molecule has 1 aliphatic rings. The minimum Gasteiger partial charge on any atom is -0.388 e. The fourth-order valence-electron chi connectivity index (χ4n) is 1.68. The van der Waals surface area contributed by atoms with Gasteiger partial charge in [-0.1, -0.05) is 23.2 Å². The average molecular weight is 277 g/mol. The lowest BCUT2D eigenvalue weighted by Crippen LogP contribution is -2.30. The summed E-state index contributed by atoms with van der Waals surface area (Å²) in [5.74, 6) is -0.380. The molecule has 1 aromatic rings. The van der Waals surface area contributed by atoms with E-state index in [1.807, 2.05) is 0 Å². The van der Waals surface area contributed by atoms with Gasteiger partial charge in [0.25, 0.3) is 5.91 Å². The first-order valence-electron chi connectivity index (χ1n) is 4.96. The van der Waals surface area contributed by atoms with Gasteiger partial charge in [-0.3, -0.25) is 4.79 Å². The van der Waals surface area contributed by atoms with E-state index in [1.165, 1.54) is 17.0 Å². The van der Waals surface area contributed by atoms with Gasteiger partial charge in [-0.15, -0.1) is 0 Å². The fraction of sp³-hybridized carbons (Fsp3) is 0.400. The quantitative estimate of drug-likeness (QED) is 0.736. The smallest absolute Gasteiger partial charge is 0.257 e. The van der Waals surface area contributed by atoms with Crippen molar-refractivity contribution in [3.8, 4) is 0 Å². The Labute approximate surface area is 108 Å². The predicted octanol–water partition coefficient (Wildman–Crippen LogP) is 0.566. The zero-order valence-electron chi connectivity index (χ0n) is 8.68. The van der Waals surface area contributed by atoms with Crippen LogP contribution in [0.5, 0.6) is 0 Å². The van der Waals surface area contributed by atoms with E-state index in [0.29, 0.717) is 0 Å². The van der Waals surface area contributed by atoms with E-state index >= 15 is 0 Å². The number of halogens is 2. The van der Waals surface area contributed by atoms with Crippen molar-refractivity contribution in [2.75, 3.05) is 13.1 Å². The molecule has 0 saturated carbocycles. The van der Waals surface area contributed by atoms with Crippen LogP contribution in [0, 0.1) is 0 Å². The van der Waals surface area contributed by atoms with Gasteiger partial charge in [0.15, 0.2) is 0 Å². The molecule has 0 aromatic carbocycles. The molecule has 0 bridgehead atoms. The first-order valence-corrected chi connectivity index (χ1v) is 5.72. The number of hydrogen-bond donors (Lipinski definition) is 2. The Morgan fingerprint density at radius 2 is 1.88 bits per heavy atom. The normalized spacial score (nSPS) is 24.1. The summed E-state index contributed by atoms with van der Waals surface area (Å²) in [4.78, 5) is 17.1. The number of pyridine rings is 1. The summed E-state index contributed by atoms with van der Waals surface area (Å²) < 4.78 is 0. The highest BCUT2D eigenvalue weighted by atomic mass is 35.5. The number of likely N-dealkylation sites (tertiary alicyclic amines) is 1. The van der Waals surface area contributed by atoms with Crippen LogP contribution in [0.1, 0.15) is 10.4 Å². The molecule has 2 heterocycles. The van der Waals surface area contributed by atoms with Crippen LogP contribution in [0.2, 0.25) is 10.3 Å². The first-order chi connectivity index (χ1) is 7.99. The van der Waals surface area contributed by atoms with Crippen LogP contribution in [-0.4, -0.2) is 51.3 Å². The summed E-state index contributed by atoms with van der Waals surface area (Å²) in [6, 6.07) is 2.93. The van der Waals surface area contributed by atoms with Gasteiger partial charge in [0.2, 0.25) is 0 Å². The number of nitrogens with zero attached hydrogens (tertiary/aromatic N) is 2. The van der Waals surface area contributed by atoms with Gasteiger partial charge in [-0.25, -0.2) is 4.98 Å². The molecule has 17 heavy (non-hydrogen) atoms. The molecule has 7 heteroatoms. The molecule has 2 rings (SSSR count). The highest BCUT2D eigenvalue weighted by Gasteiger charge is 2.33. The lowest BCUT2D eigenvalue weighted by molar-refractivity contribution is 0.0572. The van der Waals surface area contributed by atoms with Gasteiger partial charge in [-0.2, -0.15) is 0 Å². The van der Waals surface area contributed by atoms with E-state index in [0.717, 1.165) is 0 Å². The van der Waals surface area contributed by atoms with Crippen LogP contribution in [0.3, 0.4) is 0 Å². The van der Waals surface area contributed by atoms with Crippen molar-refractivity contribution in [1.29, 1.82) is 0 Å². The van der Waals surface area contributed by atoms with Crippen LogP contribution in [-0.2, 0) is 0 Å². The Bertz CT molecular complexity index is 445. The van der Waals surface area contributed by atoms with Gasteiger partial charge in [0.05, 0.1) is 17.8 Å². The maximum absolute atomic E-state index is 12.0. The number of aromatic nitrogens is 1. The topological polar surface area (TPSA) is 73.7 Å². The average Bonchev–Trinajstić information content (AvgIpc) is 2.58. The molecule has 92 valence electrons. The van der Waals surface area contributed by atoms with Crippen LogP contribution < -0.4 is 0 Å². The van der Waals surface area contributed by atoms with E-state index in [4.69, 9.17) is 23.2 Å². The molecule has 1 aliphatic heterocycles. The van der Waals surface area contributed by atoms with E-state index < -0.39 is 12.2 Å². The van der Waals surface area contributed by atoms with Gasteiger partial charge in [0, 0.05) is 13.1 Å². The summed E-state index contributed by atoms with van der Waals surface area (Å²) in [5.41, 5.74) is 0.206. The molecule has 0 aliphatic carbocycles. The third-order valence-corrected chi connectivity index (χ3v) is 3.09. The maximum Gasteiger partial charge on any atom is 0.257 e. The second-order valence-corrected chi connectivity index (χ2v) is 4.56. The van der Waals surface area contributed by atoms with Crippen molar-refractivity contribution in [3.63, 3.8) is 0 Å². The Kier molecular flexibility index (Phi) is 3.53. The van der Waals surface area contributed by atoms with Crippen molar-refractivity contribution in [2.24, 2.45) is 0 Å². The molecule has 1 fully saturated rings. The Morgan fingerprint density at radius 1 is 1.29 bits per heavy atom. The molecular formula is C10H10Cl2N2O3. The molecular weight excluding hydrogens is 267 g/mol. The monoisotopic (exact) mass is 276 g/mol. The standard InChI is InChI=1S/C10H10Cl2N2O3/c11-8-2-1-5(9(12)13-8)10(17)14-3-6(15)7(16)4-14/h1-2,6-7,15-16H,3-4H2. The van der Waals surface area contributed by atoms with Crippen LogP contribution in [0.4, 0.5) is 0 Å². The molecule has 1 aromatic heterocycles. The molecule has 2 atom stereocenters.